The molecule has 1 heterocycles. The Labute approximate surface area is 127 Å². The molecule has 108 valence electrons. The largest absolute Gasteiger partial charge is 0.493 e. The van der Waals surface area contributed by atoms with Gasteiger partial charge in [0.2, 0.25) is 0 Å². The molecule has 1 N–H and O–H groups in total. The van der Waals surface area contributed by atoms with Crippen LogP contribution in [0.25, 0.3) is 6.08 Å². The number of aromatic nitrogens is 1. The highest BCUT2D eigenvalue weighted by Crippen LogP contribution is 2.17. The van der Waals surface area contributed by atoms with E-state index in [1.54, 1.807) is 30.2 Å². The number of hydrogen-bond donors (Lipinski definition) is 1. The Morgan fingerprint density at radius 1 is 1.19 bits per heavy atom. The number of nitrogens with zero attached hydrogens (tertiary/aromatic N) is 1. The van der Waals surface area contributed by atoms with E-state index in [4.69, 9.17) is 9.84 Å². The summed E-state index contributed by atoms with van der Waals surface area (Å²) >= 11 is 1.71. The number of carbonyl (C=O) groups is 1. The third-order valence-corrected chi connectivity index (χ3v) is 3.55. The summed E-state index contributed by atoms with van der Waals surface area (Å²) in [5.74, 6) is 0.672. The number of hydrogen-bond acceptors (Lipinski definition) is 4. The first-order valence-corrected chi connectivity index (χ1v) is 7.39. The first-order valence-electron chi connectivity index (χ1n) is 6.41. The smallest absolute Gasteiger partial charge is 0.328 e. The zero-order valence-electron chi connectivity index (χ0n) is 11.3. The summed E-state index contributed by atoms with van der Waals surface area (Å²) < 4.78 is 5.63. The van der Waals surface area contributed by atoms with Crippen molar-refractivity contribution in [2.75, 3.05) is 12.4 Å². The van der Waals surface area contributed by atoms with Crippen LogP contribution >= 0.6 is 11.8 Å². The van der Waals surface area contributed by atoms with Crippen LogP contribution in [-0.4, -0.2) is 28.4 Å². The Hall–Kier alpha value is -2.27. The molecular formula is C16H15NO3S. The molecule has 2 aromatic rings. The maximum absolute atomic E-state index is 10.4. The molecule has 0 radical (unpaired) electrons. The van der Waals surface area contributed by atoms with Gasteiger partial charge in [0.1, 0.15) is 5.75 Å². The molecule has 5 heteroatoms. The normalized spacial score (nSPS) is 10.7. The highest BCUT2D eigenvalue weighted by atomic mass is 32.2. The second-order valence-corrected chi connectivity index (χ2v) is 5.29. The minimum absolute atomic E-state index is 0.608. The fraction of sp³-hybridized carbons (Fsp3) is 0.125. The highest BCUT2D eigenvalue weighted by Gasteiger charge is 1.96. The molecule has 1 aromatic carbocycles. The van der Waals surface area contributed by atoms with Crippen molar-refractivity contribution in [1.82, 2.24) is 4.98 Å². The van der Waals surface area contributed by atoms with Crippen molar-refractivity contribution >= 4 is 23.8 Å². The first kappa shape index (κ1) is 15.1. The third-order valence-electron chi connectivity index (χ3n) is 2.57. The van der Waals surface area contributed by atoms with E-state index in [1.807, 2.05) is 36.4 Å². The number of ether oxygens (including phenoxy) is 1. The minimum Gasteiger partial charge on any atom is -0.493 e. The van der Waals surface area contributed by atoms with E-state index in [2.05, 4.69) is 4.98 Å². The maximum Gasteiger partial charge on any atom is 0.328 e. The zero-order chi connectivity index (χ0) is 14.9. The van der Waals surface area contributed by atoms with Gasteiger partial charge in [-0.3, -0.25) is 4.98 Å². The van der Waals surface area contributed by atoms with Gasteiger partial charge in [-0.2, -0.15) is 0 Å². The van der Waals surface area contributed by atoms with Gasteiger partial charge in [0.05, 0.1) is 6.61 Å². The summed E-state index contributed by atoms with van der Waals surface area (Å²) in [6.07, 6.45) is 6.20. The van der Waals surface area contributed by atoms with Crippen LogP contribution < -0.4 is 4.74 Å². The number of aliphatic carboxylic acids is 1. The van der Waals surface area contributed by atoms with E-state index in [0.29, 0.717) is 6.61 Å². The maximum atomic E-state index is 10.4. The average Bonchev–Trinajstić information content (AvgIpc) is 2.52. The van der Waals surface area contributed by atoms with Crippen LogP contribution in [0, 0.1) is 0 Å². The minimum atomic E-state index is -0.955. The lowest BCUT2D eigenvalue weighted by atomic mass is 10.2. The molecule has 0 aliphatic rings. The molecule has 21 heavy (non-hydrogen) atoms. The monoisotopic (exact) mass is 301 g/mol. The first-order chi connectivity index (χ1) is 10.2. The molecular weight excluding hydrogens is 286 g/mol. The Bertz CT molecular complexity index is 597. The molecule has 0 saturated heterocycles. The van der Waals surface area contributed by atoms with Gasteiger partial charge in [-0.25, -0.2) is 4.79 Å². The molecule has 0 saturated carbocycles. The molecule has 0 unspecified atom stereocenters. The quantitative estimate of drug-likeness (QED) is 0.483. The predicted octanol–water partition coefficient (Wildman–Crippen LogP) is 3.35. The van der Waals surface area contributed by atoms with Crippen molar-refractivity contribution < 1.29 is 14.6 Å². The average molecular weight is 301 g/mol. The molecule has 0 atom stereocenters. The lowest BCUT2D eigenvalue weighted by Crippen LogP contribution is -1.99. The van der Waals surface area contributed by atoms with Crippen LogP contribution in [0.3, 0.4) is 0 Å². The van der Waals surface area contributed by atoms with E-state index in [-0.39, 0.29) is 0 Å². The van der Waals surface area contributed by atoms with Crippen molar-refractivity contribution in [3.8, 4) is 5.75 Å². The fourth-order valence-electron chi connectivity index (χ4n) is 1.60. The summed E-state index contributed by atoms with van der Waals surface area (Å²) in [5, 5.41) is 8.55. The topological polar surface area (TPSA) is 59.4 Å². The van der Waals surface area contributed by atoms with Gasteiger partial charge in [-0.1, -0.05) is 12.1 Å². The van der Waals surface area contributed by atoms with Gasteiger partial charge in [0, 0.05) is 29.1 Å². The summed E-state index contributed by atoms with van der Waals surface area (Å²) in [6, 6.07) is 11.2. The van der Waals surface area contributed by atoms with Crippen LogP contribution in [0.1, 0.15) is 5.56 Å². The van der Waals surface area contributed by atoms with Crippen molar-refractivity contribution in [1.29, 1.82) is 0 Å². The van der Waals surface area contributed by atoms with E-state index in [1.165, 1.54) is 4.90 Å². The molecule has 0 fully saturated rings. The second kappa shape index (κ2) is 8.11. The molecule has 0 aliphatic heterocycles. The molecule has 0 aliphatic carbocycles. The zero-order valence-corrected chi connectivity index (χ0v) is 12.1. The van der Waals surface area contributed by atoms with E-state index < -0.39 is 5.97 Å². The standard InChI is InChI=1S/C16H15NO3S/c18-16(19)6-3-13-1-4-14(5-2-13)20-11-12-21-15-7-9-17-10-8-15/h1-10H,11-12H2,(H,18,19)/b6-3+. The van der Waals surface area contributed by atoms with Gasteiger partial charge in [-0.05, 0) is 35.9 Å². The van der Waals surface area contributed by atoms with Gasteiger partial charge in [0.15, 0.2) is 0 Å². The third kappa shape index (κ3) is 5.71. The summed E-state index contributed by atoms with van der Waals surface area (Å²) in [4.78, 5) is 15.6. The fourth-order valence-corrected chi connectivity index (χ4v) is 2.31. The van der Waals surface area contributed by atoms with E-state index in [0.717, 1.165) is 23.1 Å². The van der Waals surface area contributed by atoms with Crippen molar-refractivity contribution in [3.05, 3.63) is 60.4 Å². The number of carboxylic acids is 1. The highest BCUT2D eigenvalue weighted by molar-refractivity contribution is 7.99. The Morgan fingerprint density at radius 2 is 1.90 bits per heavy atom. The van der Waals surface area contributed by atoms with Crippen LogP contribution in [0.2, 0.25) is 0 Å². The molecule has 2 rings (SSSR count). The number of carboxylic acid groups (broad SMARTS) is 1. The second-order valence-electron chi connectivity index (χ2n) is 4.12. The molecule has 0 amide bonds. The predicted molar refractivity (Wildman–Crippen MR) is 83.6 cm³/mol. The number of pyridine rings is 1. The summed E-state index contributed by atoms with van der Waals surface area (Å²) in [5.41, 5.74) is 0.830. The Balaban J connectivity index is 1.75. The van der Waals surface area contributed by atoms with Crippen LogP contribution in [0.5, 0.6) is 5.75 Å². The molecule has 1 aromatic heterocycles. The summed E-state index contributed by atoms with van der Waals surface area (Å²) in [6.45, 7) is 0.608. The van der Waals surface area contributed by atoms with Gasteiger partial charge in [0.25, 0.3) is 0 Å². The van der Waals surface area contributed by atoms with Crippen molar-refractivity contribution in [2.45, 2.75) is 4.90 Å². The lowest BCUT2D eigenvalue weighted by molar-refractivity contribution is -0.131. The molecule has 4 nitrogen and oxygen atoms in total. The molecule has 0 spiro atoms. The van der Waals surface area contributed by atoms with Crippen LogP contribution in [0.15, 0.2) is 59.8 Å². The van der Waals surface area contributed by atoms with E-state index >= 15 is 0 Å². The van der Waals surface area contributed by atoms with Gasteiger partial charge in [-0.15, -0.1) is 11.8 Å². The SMILES string of the molecule is O=C(O)/C=C/c1ccc(OCCSc2ccncc2)cc1. The number of thioether (sulfide) groups is 1. The van der Waals surface area contributed by atoms with Crippen LogP contribution in [-0.2, 0) is 4.79 Å². The van der Waals surface area contributed by atoms with Gasteiger partial charge >= 0.3 is 5.97 Å². The van der Waals surface area contributed by atoms with Crippen molar-refractivity contribution in [2.24, 2.45) is 0 Å². The number of rotatable bonds is 7. The summed E-state index contributed by atoms with van der Waals surface area (Å²) in [7, 11) is 0. The van der Waals surface area contributed by atoms with Crippen LogP contribution in [0.4, 0.5) is 0 Å². The van der Waals surface area contributed by atoms with Crippen molar-refractivity contribution in [3.63, 3.8) is 0 Å². The Morgan fingerprint density at radius 3 is 2.57 bits per heavy atom. The number of benzene rings is 1. The lowest BCUT2D eigenvalue weighted by Gasteiger charge is -2.06. The van der Waals surface area contributed by atoms with Gasteiger partial charge < -0.3 is 9.84 Å². The van der Waals surface area contributed by atoms with E-state index in [9.17, 15) is 4.79 Å². The Kier molecular flexibility index (Phi) is 5.84. The molecule has 0 bridgehead atoms.